The number of benzene rings is 1. The fourth-order valence-electron chi connectivity index (χ4n) is 3.39. The lowest BCUT2D eigenvalue weighted by molar-refractivity contribution is -0.122. The Kier molecular flexibility index (Phi) is 5.98. The standard InChI is InChI=1S/C20H23FN4O2S/c1-12-8-13(11-20(2,3)10-12)24-25-19-23-18(27)16(28-19)9-17(26)22-15-7-5-4-6-14(15)21/h4-8,16H,9-11H2,1-3H3,(H,22,26)(H,23,25,27). The van der Waals surface area contributed by atoms with Crippen molar-refractivity contribution in [2.45, 2.75) is 45.3 Å². The highest BCUT2D eigenvalue weighted by Gasteiger charge is 2.32. The van der Waals surface area contributed by atoms with Crippen LogP contribution < -0.4 is 10.6 Å². The van der Waals surface area contributed by atoms with Gasteiger partial charge in [0.25, 0.3) is 0 Å². The Labute approximate surface area is 167 Å². The first-order chi connectivity index (χ1) is 13.2. The van der Waals surface area contributed by atoms with Crippen LogP contribution in [0, 0.1) is 11.2 Å². The van der Waals surface area contributed by atoms with Crippen molar-refractivity contribution >= 4 is 40.1 Å². The second-order valence-electron chi connectivity index (χ2n) is 7.83. The van der Waals surface area contributed by atoms with E-state index >= 15 is 0 Å². The van der Waals surface area contributed by atoms with Crippen molar-refractivity contribution < 1.29 is 14.0 Å². The van der Waals surface area contributed by atoms with Crippen molar-refractivity contribution in [3.05, 3.63) is 41.7 Å². The molecule has 3 rings (SSSR count). The Bertz CT molecular complexity index is 892. The molecule has 1 atom stereocenters. The lowest BCUT2D eigenvalue weighted by Crippen LogP contribution is -2.28. The van der Waals surface area contributed by atoms with E-state index in [4.69, 9.17) is 0 Å². The lowest BCUT2D eigenvalue weighted by atomic mass is 9.77. The molecule has 1 aliphatic heterocycles. The monoisotopic (exact) mass is 402 g/mol. The number of hydrogen-bond acceptors (Lipinski definition) is 5. The highest BCUT2D eigenvalue weighted by molar-refractivity contribution is 8.15. The van der Waals surface area contributed by atoms with Gasteiger partial charge in [-0.15, -0.1) is 5.10 Å². The molecule has 8 heteroatoms. The number of anilines is 1. The molecule has 1 aromatic rings. The van der Waals surface area contributed by atoms with Crippen molar-refractivity contribution in [1.82, 2.24) is 5.32 Å². The number of thioether (sulfide) groups is 1. The molecule has 0 bridgehead atoms. The molecule has 0 aromatic heterocycles. The maximum atomic E-state index is 13.6. The summed E-state index contributed by atoms with van der Waals surface area (Å²) in [5, 5.41) is 13.3. The van der Waals surface area contributed by atoms with Gasteiger partial charge in [-0.3, -0.25) is 9.59 Å². The molecule has 2 N–H and O–H groups in total. The number of rotatable bonds is 4. The summed E-state index contributed by atoms with van der Waals surface area (Å²) >= 11 is 1.16. The van der Waals surface area contributed by atoms with Crippen LogP contribution in [0.15, 0.2) is 46.1 Å². The lowest BCUT2D eigenvalue weighted by Gasteiger charge is -2.28. The first-order valence-electron chi connectivity index (χ1n) is 9.05. The Morgan fingerprint density at radius 3 is 2.79 bits per heavy atom. The first-order valence-corrected chi connectivity index (χ1v) is 9.93. The molecule has 1 heterocycles. The number of nitrogens with zero attached hydrogens (tertiary/aromatic N) is 2. The third kappa shape index (κ3) is 5.28. The first kappa shape index (κ1) is 20.3. The van der Waals surface area contributed by atoms with E-state index in [1.807, 2.05) is 6.08 Å². The Hall–Kier alpha value is -2.48. The molecule has 1 aliphatic carbocycles. The fourth-order valence-corrected chi connectivity index (χ4v) is 4.30. The van der Waals surface area contributed by atoms with Crippen LogP contribution in [0.4, 0.5) is 10.1 Å². The summed E-state index contributed by atoms with van der Waals surface area (Å²) < 4.78 is 13.6. The van der Waals surface area contributed by atoms with Crippen LogP contribution in [0.3, 0.4) is 0 Å². The van der Waals surface area contributed by atoms with Crippen molar-refractivity contribution in [3.8, 4) is 0 Å². The smallest absolute Gasteiger partial charge is 0.240 e. The number of amidine groups is 1. The number of amides is 2. The molecule has 1 saturated heterocycles. The quantitative estimate of drug-likeness (QED) is 0.750. The van der Waals surface area contributed by atoms with Crippen LogP contribution in [0.2, 0.25) is 0 Å². The van der Waals surface area contributed by atoms with Gasteiger partial charge >= 0.3 is 0 Å². The third-order valence-corrected chi connectivity index (χ3v) is 5.47. The molecule has 2 amide bonds. The fraction of sp³-hybridized carbons (Fsp3) is 0.400. The summed E-state index contributed by atoms with van der Waals surface area (Å²) in [6, 6.07) is 5.90. The van der Waals surface area contributed by atoms with E-state index in [1.165, 1.54) is 17.7 Å². The third-order valence-electron chi connectivity index (χ3n) is 4.39. The van der Waals surface area contributed by atoms with Crippen molar-refractivity contribution in [2.24, 2.45) is 15.6 Å². The molecule has 2 aliphatic rings. The summed E-state index contributed by atoms with van der Waals surface area (Å²) in [5.41, 5.74) is 2.35. The highest BCUT2D eigenvalue weighted by atomic mass is 32.2. The van der Waals surface area contributed by atoms with E-state index in [0.717, 1.165) is 30.3 Å². The van der Waals surface area contributed by atoms with Gasteiger partial charge in [0.2, 0.25) is 11.8 Å². The molecule has 28 heavy (non-hydrogen) atoms. The zero-order valence-electron chi connectivity index (χ0n) is 16.1. The SMILES string of the molecule is CC1=CC(=N/N=C2\NC(=O)C(CC(=O)Nc3ccccc3F)S2)CC(C)(C)C1. The predicted octanol–water partition coefficient (Wildman–Crippen LogP) is 3.86. The van der Waals surface area contributed by atoms with Crippen LogP contribution in [-0.4, -0.2) is 27.9 Å². The Balaban J connectivity index is 1.61. The van der Waals surface area contributed by atoms with Gasteiger partial charge in [0.1, 0.15) is 11.1 Å². The largest absolute Gasteiger partial charge is 0.324 e. The van der Waals surface area contributed by atoms with Gasteiger partial charge in [0.15, 0.2) is 5.17 Å². The molecule has 1 unspecified atom stereocenters. The summed E-state index contributed by atoms with van der Waals surface area (Å²) in [5.74, 6) is -1.25. The predicted molar refractivity (Wildman–Crippen MR) is 111 cm³/mol. The van der Waals surface area contributed by atoms with Gasteiger partial charge in [-0.2, -0.15) is 5.10 Å². The number of carbonyl (C=O) groups excluding carboxylic acids is 2. The van der Waals surface area contributed by atoms with Gasteiger partial charge in [-0.1, -0.05) is 43.3 Å². The molecule has 6 nitrogen and oxygen atoms in total. The topological polar surface area (TPSA) is 82.9 Å². The van der Waals surface area contributed by atoms with Crippen LogP contribution >= 0.6 is 11.8 Å². The minimum absolute atomic E-state index is 0.0769. The van der Waals surface area contributed by atoms with E-state index in [1.54, 1.807) is 12.1 Å². The van der Waals surface area contributed by atoms with E-state index in [-0.39, 0.29) is 23.4 Å². The Morgan fingerprint density at radius 1 is 1.32 bits per heavy atom. The number of carbonyl (C=O) groups is 2. The van der Waals surface area contributed by atoms with Gasteiger partial charge in [0.05, 0.1) is 11.4 Å². The van der Waals surface area contributed by atoms with Gasteiger partial charge in [0, 0.05) is 6.42 Å². The molecule has 0 saturated carbocycles. The van der Waals surface area contributed by atoms with Gasteiger partial charge < -0.3 is 10.6 Å². The minimum Gasteiger partial charge on any atom is -0.324 e. The van der Waals surface area contributed by atoms with E-state index in [2.05, 4.69) is 41.6 Å². The van der Waals surface area contributed by atoms with Gasteiger partial charge in [-0.05, 0) is 43.4 Å². The van der Waals surface area contributed by atoms with E-state index in [9.17, 15) is 14.0 Å². The second kappa shape index (κ2) is 8.26. The summed E-state index contributed by atoms with van der Waals surface area (Å²) in [7, 11) is 0. The Morgan fingerprint density at radius 2 is 2.07 bits per heavy atom. The van der Waals surface area contributed by atoms with Crippen LogP contribution in [-0.2, 0) is 9.59 Å². The molecule has 1 aromatic carbocycles. The van der Waals surface area contributed by atoms with Crippen LogP contribution in [0.1, 0.15) is 40.0 Å². The average molecular weight is 402 g/mol. The molecular weight excluding hydrogens is 379 g/mol. The molecule has 148 valence electrons. The number of nitrogens with one attached hydrogen (secondary N) is 2. The van der Waals surface area contributed by atoms with E-state index < -0.39 is 17.0 Å². The zero-order valence-corrected chi connectivity index (χ0v) is 16.9. The van der Waals surface area contributed by atoms with Crippen LogP contribution in [0.5, 0.6) is 0 Å². The number of allylic oxidation sites excluding steroid dienone is 2. The second-order valence-corrected chi connectivity index (χ2v) is 9.02. The highest BCUT2D eigenvalue weighted by Crippen LogP contribution is 2.34. The maximum Gasteiger partial charge on any atom is 0.240 e. The van der Waals surface area contributed by atoms with Crippen molar-refractivity contribution in [3.63, 3.8) is 0 Å². The van der Waals surface area contributed by atoms with Crippen LogP contribution in [0.25, 0.3) is 0 Å². The number of hydrogen-bond donors (Lipinski definition) is 2. The average Bonchev–Trinajstić information content (AvgIpc) is 2.93. The normalized spacial score (nSPS) is 24.2. The van der Waals surface area contributed by atoms with Crippen molar-refractivity contribution in [2.75, 3.05) is 5.32 Å². The molecule has 0 radical (unpaired) electrons. The molecule has 1 fully saturated rings. The van der Waals surface area contributed by atoms with Gasteiger partial charge in [-0.25, -0.2) is 4.39 Å². The number of para-hydroxylation sites is 1. The van der Waals surface area contributed by atoms with Crippen molar-refractivity contribution in [1.29, 1.82) is 0 Å². The van der Waals surface area contributed by atoms with E-state index in [0.29, 0.717) is 5.17 Å². The molecular formula is C20H23FN4O2S. The summed E-state index contributed by atoms with van der Waals surface area (Å²) in [6.07, 6.45) is 3.78. The summed E-state index contributed by atoms with van der Waals surface area (Å²) in [4.78, 5) is 24.3. The number of halogens is 1. The summed E-state index contributed by atoms with van der Waals surface area (Å²) in [6.45, 7) is 6.44. The molecule has 0 spiro atoms. The maximum absolute atomic E-state index is 13.6. The zero-order chi connectivity index (χ0) is 20.3. The minimum atomic E-state index is -0.620.